The van der Waals surface area contributed by atoms with Gasteiger partial charge in [0.25, 0.3) is 0 Å². The molecule has 0 saturated carbocycles. The lowest BCUT2D eigenvalue weighted by molar-refractivity contribution is 0.536. The molecule has 80 valence electrons. The Labute approximate surface area is 120 Å². The molecular weight excluding hydrogens is 410 g/mol. The Hall–Kier alpha value is 0.240. The smallest absolute Gasteiger partial charge is 0.0158 e. The maximum absolute atomic E-state index is 5.46. The fourth-order valence-corrected chi connectivity index (χ4v) is 4.68. The second-order valence-corrected chi connectivity index (χ2v) is 5.26. The van der Waals surface area contributed by atoms with Gasteiger partial charge in [-0.1, -0.05) is 75.5 Å². The molecule has 1 atom stereocenters. The van der Waals surface area contributed by atoms with E-state index in [4.69, 9.17) is 6.42 Å². The zero-order chi connectivity index (χ0) is 11.1. The summed E-state index contributed by atoms with van der Waals surface area (Å²) in [6.45, 7) is 0. The van der Waals surface area contributed by atoms with Crippen LogP contribution in [0.25, 0.3) is 0 Å². The second kappa shape index (κ2) is 7.50. The molecule has 0 aliphatic heterocycles. The molecule has 1 aromatic carbocycles. The third-order valence-electron chi connectivity index (χ3n) is 2.53. The standard InChI is InChI=1S/C13H14I2/c1-2-6-13(12(9-14)10-15)11-7-4-3-5-8-11/h1,3-5,7-8,12-13H,6,9-10H2. The fourth-order valence-electron chi connectivity index (χ4n) is 1.64. The Morgan fingerprint density at radius 2 is 1.73 bits per heavy atom. The van der Waals surface area contributed by atoms with Crippen LogP contribution in [0.1, 0.15) is 17.9 Å². The zero-order valence-electron chi connectivity index (χ0n) is 8.50. The summed E-state index contributed by atoms with van der Waals surface area (Å²) >= 11 is 4.92. The van der Waals surface area contributed by atoms with Crippen molar-refractivity contribution in [3.8, 4) is 12.3 Å². The van der Waals surface area contributed by atoms with E-state index in [1.807, 2.05) is 0 Å². The first-order valence-corrected chi connectivity index (χ1v) is 7.99. The molecule has 0 aromatic heterocycles. The molecule has 1 unspecified atom stereocenters. The van der Waals surface area contributed by atoms with E-state index in [0.29, 0.717) is 11.8 Å². The van der Waals surface area contributed by atoms with Crippen molar-refractivity contribution in [3.05, 3.63) is 35.9 Å². The SMILES string of the molecule is C#CCC(c1ccccc1)C(CI)CI. The number of halogens is 2. The first-order valence-electron chi connectivity index (χ1n) is 4.93. The predicted octanol–water partition coefficient (Wildman–Crippen LogP) is 4.28. The topological polar surface area (TPSA) is 0 Å². The predicted molar refractivity (Wildman–Crippen MR) is 83.9 cm³/mol. The van der Waals surface area contributed by atoms with E-state index in [1.54, 1.807) is 0 Å². The van der Waals surface area contributed by atoms with Crippen LogP contribution in [-0.2, 0) is 0 Å². The second-order valence-electron chi connectivity index (χ2n) is 3.49. The van der Waals surface area contributed by atoms with Crippen molar-refractivity contribution in [2.24, 2.45) is 5.92 Å². The quantitative estimate of drug-likeness (QED) is 0.376. The Kier molecular flexibility index (Phi) is 6.66. The number of hydrogen-bond acceptors (Lipinski definition) is 0. The minimum absolute atomic E-state index is 0.519. The van der Waals surface area contributed by atoms with Gasteiger partial charge in [0.15, 0.2) is 0 Å². The van der Waals surface area contributed by atoms with Gasteiger partial charge in [0, 0.05) is 15.3 Å². The first-order chi connectivity index (χ1) is 7.33. The average Bonchev–Trinajstić information content (AvgIpc) is 2.30. The minimum Gasteiger partial charge on any atom is -0.120 e. The number of benzene rings is 1. The molecule has 0 amide bonds. The maximum atomic E-state index is 5.46. The van der Waals surface area contributed by atoms with Gasteiger partial charge < -0.3 is 0 Å². The highest BCUT2D eigenvalue weighted by Crippen LogP contribution is 2.30. The van der Waals surface area contributed by atoms with Gasteiger partial charge in [0.1, 0.15) is 0 Å². The lowest BCUT2D eigenvalue weighted by atomic mass is 9.86. The van der Waals surface area contributed by atoms with Crippen molar-refractivity contribution in [3.63, 3.8) is 0 Å². The van der Waals surface area contributed by atoms with Gasteiger partial charge in [-0.3, -0.25) is 0 Å². The van der Waals surface area contributed by atoms with Crippen molar-refractivity contribution >= 4 is 45.2 Å². The molecule has 0 heterocycles. The van der Waals surface area contributed by atoms with Gasteiger partial charge in [0.05, 0.1) is 0 Å². The van der Waals surface area contributed by atoms with E-state index in [9.17, 15) is 0 Å². The number of alkyl halides is 2. The largest absolute Gasteiger partial charge is 0.120 e. The van der Waals surface area contributed by atoms with Crippen LogP contribution in [0.15, 0.2) is 30.3 Å². The van der Waals surface area contributed by atoms with Crippen LogP contribution in [0.2, 0.25) is 0 Å². The van der Waals surface area contributed by atoms with Gasteiger partial charge in [-0.25, -0.2) is 0 Å². The molecular formula is C13H14I2. The monoisotopic (exact) mass is 424 g/mol. The molecule has 1 rings (SSSR count). The highest BCUT2D eigenvalue weighted by Gasteiger charge is 2.20. The molecule has 0 saturated heterocycles. The van der Waals surface area contributed by atoms with Crippen LogP contribution >= 0.6 is 45.2 Å². The summed E-state index contributed by atoms with van der Waals surface area (Å²) in [5.41, 5.74) is 1.38. The maximum Gasteiger partial charge on any atom is 0.0158 e. The van der Waals surface area contributed by atoms with Crippen LogP contribution < -0.4 is 0 Å². The molecule has 0 radical (unpaired) electrons. The van der Waals surface area contributed by atoms with Crippen molar-refractivity contribution < 1.29 is 0 Å². The number of hydrogen-bond donors (Lipinski definition) is 0. The van der Waals surface area contributed by atoms with E-state index in [0.717, 1.165) is 6.42 Å². The summed E-state index contributed by atoms with van der Waals surface area (Å²) in [6, 6.07) is 10.6. The number of rotatable bonds is 5. The van der Waals surface area contributed by atoms with Gasteiger partial charge >= 0.3 is 0 Å². The molecule has 0 spiro atoms. The molecule has 0 aliphatic carbocycles. The molecule has 2 heteroatoms. The Morgan fingerprint density at radius 3 is 2.20 bits per heavy atom. The first kappa shape index (κ1) is 13.3. The lowest BCUT2D eigenvalue weighted by Crippen LogP contribution is -2.15. The van der Waals surface area contributed by atoms with Crippen LogP contribution in [0, 0.1) is 18.3 Å². The van der Waals surface area contributed by atoms with E-state index in [-0.39, 0.29) is 0 Å². The van der Waals surface area contributed by atoms with Crippen LogP contribution in [0.3, 0.4) is 0 Å². The van der Waals surface area contributed by atoms with E-state index >= 15 is 0 Å². The van der Waals surface area contributed by atoms with E-state index < -0.39 is 0 Å². The van der Waals surface area contributed by atoms with Gasteiger partial charge in [-0.2, -0.15) is 0 Å². The summed E-state index contributed by atoms with van der Waals surface area (Å²) in [5.74, 6) is 4.01. The van der Waals surface area contributed by atoms with Gasteiger partial charge in [-0.05, 0) is 17.4 Å². The molecule has 0 aliphatic rings. The van der Waals surface area contributed by atoms with Gasteiger partial charge in [-0.15, -0.1) is 12.3 Å². The van der Waals surface area contributed by atoms with E-state index in [2.05, 4.69) is 81.4 Å². The van der Waals surface area contributed by atoms with Gasteiger partial charge in [0.2, 0.25) is 0 Å². The number of terminal acetylenes is 1. The third kappa shape index (κ3) is 3.95. The van der Waals surface area contributed by atoms with Crippen molar-refractivity contribution in [1.82, 2.24) is 0 Å². The van der Waals surface area contributed by atoms with Crippen LogP contribution in [0.5, 0.6) is 0 Å². The summed E-state index contributed by atoms with van der Waals surface area (Å²) in [4.78, 5) is 0. The summed E-state index contributed by atoms with van der Waals surface area (Å²) < 4.78 is 2.34. The molecule has 15 heavy (non-hydrogen) atoms. The molecule has 0 fully saturated rings. The summed E-state index contributed by atoms with van der Waals surface area (Å²) in [6.07, 6.45) is 6.31. The van der Waals surface area contributed by atoms with Crippen molar-refractivity contribution in [1.29, 1.82) is 0 Å². The Balaban J connectivity index is 2.88. The molecule has 0 N–H and O–H groups in total. The zero-order valence-corrected chi connectivity index (χ0v) is 12.8. The van der Waals surface area contributed by atoms with Crippen LogP contribution in [0.4, 0.5) is 0 Å². The third-order valence-corrected chi connectivity index (χ3v) is 4.79. The molecule has 1 aromatic rings. The Bertz CT molecular complexity index is 309. The molecule has 0 nitrogen and oxygen atoms in total. The molecule has 0 bridgehead atoms. The van der Waals surface area contributed by atoms with E-state index in [1.165, 1.54) is 14.4 Å². The average molecular weight is 424 g/mol. The van der Waals surface area contributed by atoms with Crippen molar-refractivity contribution in [2.45, 2.75) is 12.3 Å². The fraction of sp³-hybridized carbons (Fsp3) is 0.385. The minimum atomic E-state index is 0.519. The Morgan fingerprint density at radius 1 is 1.13 bits per heavy atom. The normalized spacial score (nSPS) is 12.4. The highest BCUT2D eigenvalue weighted by molar-refractivity contribution is 14.1. The van der Waals surface area contributed by atoms with Crippen molar-refractivity contribution in [2.75, 3.05) is 8.86 Å². The highest BCUT2D eigenvalue weighted by atomic mass is 127. The lowest BCUT2D eigenvalue weighted by Gasteiger charge is -2.22. The summed E-state index contributed by atoms with van der Waals surface area (Å²) in [7, 11) is 0. The summed E-state index contributed by atoms with van der Waals surface area (Å²) in [5, 5.41) is 0. The van der Waals surface area contributed by atoms with Crippen LogP contribution in [-0.4, -0.2) is 8.86 Å².